The lowest BCUT2D eigenvalue weighted by atomic mass is 9.84. The fraction of sp³-hybridized carbons (Fsp3) is 0.333. The molecular formula is C24H27N3O. The molecule has 0 bridgehead atoms. The monoisotopic (exact) mass is 373 g/mol. The van der Waals surface area contributed by atoms with Crippen LogP contribution in [-0.4, -0.2) is 9.97 Å². The van der Waals surface area contributed by atoms with Gasteiger partial charge in [-0.25, -0.2) is 4.98 Å². The Morgan fingerprint density at radius 1 is 0.893 bits per heavy atom. The van der Waals surface area contributed by atoms with Crippen molar-refractivity contribution < 1.29 is 4.74 Å². The highest BCUT2D eigenvalue weighted by atomic mass is 16.5. The maximum atomic E-state index is 6.25. The summed E-state index contributed by atoms with van der Waals surface area (Å²) in [6, 6.07) is 8.55. The minimum absolute atomic E-state index is 0.0996. The highest BCUT2D eigenvalue weighted by Crippen LogP contribution is 2.51. The average molecular weight is 374 g/mol. The Bertz CT molecular complexity index is 1060. The second-order valence-corrected chi connectivity index (χ2v) is 8.72. The van der Waals surface area contributed by atoms with Crippen LogP contribution in [0.5, 0.6) is 11.5 Å². The van der Waals surface area contributed by atoms with E-state index in [2.05, 4.69) is 68.5 Å². The molecule has 0 spiro atoms. The Labute approximate surface area is 167 Å². The molecule has 144 valence electrons. The van der Waals surface area contributed by atoms with Crippen molar-refractivity contribution in [3.05, 3.63) is 64.6 Å². The molecule has 0 aliphatic carbocycles. The summed E-state index contributed by atoms with van der Waals surface area (Å²) in [5.41, 5.74) is 7.92. The standard InChI is InChI=1S/C24H27N3O/c1-14-8-9-25-23-22(14)28-20-12-17(4)26-13-19(20)27(23)21-15(2)10-18(11-16(21)3)24(5,6)7/h8-13H,1-7H3. The fourth-order valence-electron chi connectivity index (χ4n) is 3.78. The molecule has 4 rings (SSSR count). The maximum absolute atomic E-state index is 6.25. The summed E-state index contributed by atoms with van der Waals surface area (Å²) in [5, 5.41) is 0. The van der Waals surface area contributed by atoms with Crippen molar-refractivity contribution in [3.63, 3.8) is 0 Å². The Morgan fingerprint density at radius 3 is 2.21 bits per heavy atom. The molecule has 0 saturated carbocycles. The van der Waals surface area contributed by atoms with Crippen molar-refractivity contribution in [1.29, 1.82) is 0 Å². The van der Waals surface area contributed by atoms with Crippen LogP contribution in [0, 0.1) is 27.7 Å². The molecule has 0 amide bonds. The van der Waals surface area contributed by atoms with Crippen molar-refractivity contribution in [2.75, 3.05) is 4.90 Å². The summed E-state index contributed by atoms with van der Waals surface area (Å²) in [7, 11) is 0. The number of anilines is 3. The number of ether oxygens (including phenoxy) is 1. The van der Waals surface area contributed by atoms with E-state index in [4.69, 9.17) is 4.74 Å². The molecule has 4 heteroatoms. The van der Waals surface area contributed by atoms with E-state index in [0.29, 0.717) is 0 Å². The topological polar surface area (TPSA) is 38.2 Å². The van der Waals surface area contributed by atoms with Crippen LogP contribution in [-0.2, 0) is 5.41 Å². The predicted octanol–water partition coefficient (Wildman–Crippen LogP) is 6.58. The quantitative estimate of drug-likeness (QED) is 0.377. The van der Waals surface area contributed by atoms with E-state index in [1.165, 1.54) is 16.7 Å². The third-order valence-corrected chi connectivity index (χ3v) is 5.31. The van der Waals surface area contributed by atoms with Gasteiger partial charge < -0.3 is 4.74 Å². The summed E-state index contributed by atoms with van der Waals surface area (Å²) in [6.07, 6.45) is 3.72. The molecular weight excluding hydrogens is 346 g/mol. The van der Waals surface area contributed by atoms with Crippen molar-refractivity contribution in [1.82, 2.24) is 9.97 Å². The number of hydrogen-bond donors (Lipinski definition) is 0. The van der Waals surface area contributed by atoms with Crippen LogP contribution in [0.15, 0.2) is 36.7 Å². The molecule has 0 unspecified atom stereocenters. The first-order valence-corrected chi connectivity index (χ1v) is 9.69. The van der Waals surface area contributed by atoms with Crippen molar-refractivity contribution in [2.24, 2.45) is 0 Å². The first-order chi connectivity index (χ1) is 13.2. The second-order valence-electron chi connectivity index (χ2n) is 8.72. The largest absolute Gasteiger partial charge is 0.451 e. The molecule has 4 nitrogen and oxygen atoms in total. The lowest BCUT2D eigenvalue weighted by Gasteiger charge is -2.34. The van der Waals surface area contributed by atoms with Gasteiger partial charge in [0, 0.05) is 18.0 Å². The van der Waals surface area contributed by atoms with Crippen molar-refractivity contribution in [2.45, 2.75) is 53.9 Å². The minimum Gasteiger partial charge on any atom is -0.451 e. The molecule has 0 N–H and O–H groups in total. The van der Waals surface area contributed by atoms with E-state index in [0.717, 1.165) is 39.9 Å². The minimum atomic E-state index is 0.0996. The molecule has 2 aromatic heterocycles. The summed E-state index contributed by atoms with van der Waals surface area (Å²) < 4.78 is 6.25. The smallest absolute Gasteiger partial charge is 0.181 e. The summed E-state index contributed by atoms with van der Waals surface area (Å²) in [4.78, 5) is 11.4. The van der Waals surface area contributed by atoms with E-state index in [1.54, 1.807) is 0 Å². The van der Waals surface area contributed by atoms with Crippen LogP contribution >= 0.6 is 0 Å². The van der Waals surface area contributed by atoms with Crippen LogP contribution in [0.25, 0.3) is 0 Å². The maximum Gasteiger partial charge on any atom is 0.181 e. The van der Waals surface area contributed by atoms with Gasteiger partial charge in [-0.05, 0) is 61.4 Å². The number of pyridine rings is 2. The molecule has 28 heavy (non-hydrogen) atoms. The van der Waals surface area contributed by atoms with E-state index >= 15 is 0 Å². The molecule has 0 atom stereocenters. The Balaban J connectivity index is 2.00. The van der Waals surface area contributed by atoms with Gasteiger partial charge in [-0.15, -0.1) is 0 Å². The summed E-state index contributed by atoms with van der Waals surface area (Å²) >= 11 is 0. The molecule has 0 radical (unpaired) electrons. The third kappa shape index (κ3) is 2.93. The SMILES string of the molecule is Cc1cc2c(cn1)N(c1c(C)cc(C(C)(C)C)cc1C)c1nccc(C)c1O2. The van der Waals surface area contributed by atoms with E-state index in [9.17, 15) is 0 Å². The van der Waals surface area contributed by atoms with E-state index < -0.39 is 0 Å². The van der Waals surface area contributed by atoms with Gasteiger partial charge in [0.1, 0.15) is 5.69 Å². The average Bonchev–Trinajstić information content (AvgIpc) is 2.60. The Hall–Kier alpha value is -2.88. The van der Waals surface area contributed by atoms with Gasteiger partial charge in [0.2, 0.25) is 0 Å². The van der Waals surface area contributed by atoms with E-state index in [-0.39, 0.29) is 5.41 Å². The zero-order valence-corrected chi connectivity index (χ0v) is 17.7. The first-order valence-electron chi connectivity index (χ1n) is 9.69. The van der Waals surface area contributed by atoms with Gasteiger partial charge in [-0.2, -0.15) is 0 Å². The normalized spacial score (nSPS) is 13.0. The van der Waals surface area contributed by atoms with Crippen LogP contribution in [0.2, 0.25) is 0 Å². The zero-order valence-electron chi connectivity index (χ0n) is 17.7. The van der Waals surface area contributed by atoms with Crippen LogP contribution in [0.3, 0.4) is 0 Å². The number of aromatic nitrogens is 2. The van der Waals surface area contributed by atoms with Gasteiger partial charge in [0.15, 0.2) is 17.3 Å². The number of aryl methyl sites for hydroxylation is 4. The number of hydrogen-bond acceptors (Lipinski definition) is 4. The molecule has 3 heterocycles. The summed E-state index contributed by atoms with van der Waals surface area (Å²) in [6.45, 7) is 15.1. The van der Waals surface area contributed by atoms with Gasteiger partial charge in [0.25, 0.3) is 0 Å². The van der Waals surface area contributed by atoms with Gasteiger partial charge in [-0.3, -0.25) is 9.88 Å². The predicted molar refractivity (Wildman–Crippen MR) is 114 cm³/mol. The van der Waals surface area contributed by atoms with Crippen LogP contribution in [0.1, 0.15) is 48.7 Å². The highest BCUT2D eigenvalue weighted by molar-refractivity contribution is 5.87. The van der Waals surface area contributed by atoms with Crippen molar-refractivity contribution in [3.8, 4) is 11.5 Å². The van der Waals surface area contributed by atoms with Crippen LogP contribution < -0.4 is 9.64 Å². The molecule has 1 aliphatic rings. The number of fused-ring (bicyclic) bond motifs is 2. The first kappa shape index (κ1) is 18.5. The van der Waals surface area contributed by atoms with Crippen molar-refractivity contribution >= 4 is 17.2 Å². The highest BCUT2D eigenvalue weighted by Gasteiger charge is 2.31. The fourth-order valence-corrected chi connectivity index (χ4v) is 3.78. The molecule has 3 aromatic rings. The lowest BCUT2D eigenvalue weighted by molar-refractivity contribution is 0.469. The third-order valence-electron chi connectivity index (χ3n) is 5.31. The molecule has 0 fully saturated rings. The van der Waals surface area contributed by atoms with Crippen LogP contribution in [0.4, 0.5) is 17.2 Å². The number of rotatable bonds is 1. The molecule has 1 aliphatic heterocycles. The van der Waals surface area contributed by atoms with Gasteiger partial charge in [0.05, 0.1) is 11.9 Å². The Kier molecular flexibility index (Phi) is 4.18. The Morgan fingerprint density at radius 2 is 1.57 bits per heavy atom. The second kappa shape index (κ2) is 6.33. The van der Waals surface area contributed by atoms with Gasteiger partial charge >= 0.3 is 0 Å². The number of benzene rings is 1. The zero-order chi connectivity index (χ0) is 20.2. The lowest BCUT2D eigenvalue weighted by Crippen LogP contribution is -2.21. The molecule has 1 aromatic carbocycles. The number of nitrogens with zero attached hydrogens (tertiary/aromatic N) is 3. The van der Waals surface area contributed by atoms with Gasteiger partial charge in [-0.1, -0.05) is 32.9 Å². The molecule has 0 saturated heterocycles. The van der Waals surface area contributed by atoms with E-state index in [1.807, 2.05) is 31.5 Å². The summed E-state index contributed by atoms with van der Waals surface area (Å²) in [5.74, 6) is 2.43.